The zero-order valence-corrected chi connectivity index (χ0v) is 8.59. The van der Waals surface area contributed by atoms with Crippen molar-refractivity contribution in [3.05, 3.63) is 0 Å². The molecular formula is C10H22N2. The van der Waals surface area contributed by atoms with Crippen LogP contribution in [0.1, 0.15) is 40.0 Å². The lowest BCUT2D eigenvalue weighted by Gasteiger charge is -2.43. The minimum atomic E-state index is 0.480. The van der Waals surface area contributed by atoms with Gasteiger partial charge in [-0.15, -0.1) is 0 Å². The second-order valence-electron chi connectivity index (χ2n) is 4.22. The summed E-state index contributed by atoms with van der Waals surface area (Å²) in [5.74, 6) is 0. The van der Waals surface area contributed by atoms with E-state index in [2.05, 4.69) is 25.7 Å². The first kappa shape index (κ1) is 10.0. The van der Waals surface area contributed by atoms with Crippen LogP contribution < -0.4 is 5.73 Å². The van der Waals surface area contributed by atoms with Gasteiger partial charge >= 0.3 is 0 Å². The monoisotopic (exact) mass is 170 g/mol. The van der Waals surface area contributed by atoms with E-state index in [9.17, 15) is 0 Å². The summed E-state index contributed by atoms with van der Waals surface area (Å²) in [7, 11) is 0. The van der Waals surface area contributed by atoms with E-state index in [1.165, 1.54) is 25.8 Å². The molecule has 2 nitrogen and oxygen atoms in total. The van der Waals surface area contributed by atoms with Crippen LogP contribution in [0.15, 0.2) is 0 Å². The maximum absolute atomic E-state index is 5.78. The highest BCUT2D eigenvalue weighted by Gasteiger charge is 2.31. The van der Waals surface area contributed by atoms with Crippen molar-refractivity contribution < 1.29 is 0 Å². The first-order valence-electron chi connectivity index (χ1n) is 5.16. The Hall–Kier alpha value is -0.0800. The number of hydrogen-bond donors (Lipinski definition) is 1. The highest BCUT2D eigenvalue weighted by molar-refractivity contribution is 4.90. The summed E-state index contributed by atoms with van der Waals surface area (Å²) < 4.78 is 0. The topological polar surface area (TPSA) is 29.3 Å². The first-order chi connectivity index (χ1) is 5.65. The molecule has 0 aromatic heterocycles. The zero-order valence-electron chi connectivity index (χ0n) is 8.59. The van der Waals surface area contributed by atoms with Gasteiger partial charge in [0.1, 0.15) is 0 Å². The minimum absolute atomic E-state index is 0.480. The van der Waals surface area contributed by atoms with Crippen LogP contribution in [0.3, 0.4) is 0 Å². The largest absolute Gasteiger partial charge is 0.328 e. The molecule has 0 aromatic rings. The number of nitrogens with zero attached hydrogens (tertiary/aromatic N) is 1. The molecule has 0 unspecified atom stereocenters. The quantitative estimate of drug-likeness (QED) is 0.694. The minimum Gasteiger partial charge on any atom is -0.328 e. The Kier molecular flexibility index (Phi) is 3.53. The fourth-order valence-electron chi connectivity index (χ4n) is 2.02. The lowest BCUT2D eigenvalue weighted by molar-refractivity contribution is 0.0808. The van der Waals surface area contributed by atoms with Gasteiger partial charge in [0, 0.05) is 18.1 Å². The zero-order chi connectivity index (χ0) is 9.14. The van der Waals surface area contributed by atoms with Gasteiger partial charge in [0.25, 0.3) is 0 Å². The smallest absolute Gasteiger partial charge is 0.0127 e. The second-order valence-corrected chi connectivity index (χ2v) is 4.22. The maximum Gasteiger partial charge on any atom is 0.0127 e. The van der Waals surface area contributed by atoms with Crippen LogP contribution in [0.5, 0.6) is 0 Å². The summed E-state index contributed by atoms with van der Waals surface area (Å²) in [5.41, 5.74) is 5.78. The van der Waals surface area contributed by atoms with Crippen molar-refractivity contribution in [3.63, 3.8) is 0 Å². The van der Waals surface area contributed by atoms with Gasteiger partial charge in [-0.3, -0.25) is 4.90 Å². The van der Waals surface area contributed by atoms with Gasteiger partial charge in [-0.1, -0.05) is 6.92 Å². The molecule has 12 heavy (non-hydrogen) atoms. The van der Waals surface area contributed by atoms with E-state index < -0.39 is 0 Å². The molecule has 0 aliphatic heterocycles. The number of rotatable bonds is 4. The van der Waals surface area contributed by atoms with Crippen molar-refractivity contribution in [1.29, 1.82) is 0 Å². The van der Waals surface area contributed by atoms with Gasteiger partial charge in [-0.2, -0.15) is 0 Å². The van der Waals surface area contributed by atoms with E-state index in [1.807, 2.05) is 0 Å². The first-order valence-corrected chi connectivity index (χ1v) is 5.16. The molecule has 0 spiro atoms. The lowest BCUT2D eigenvalue weighted by atomic mass is 9.85. The van der Waals surface area contributed by atoms with Gasteiger partial charge in [-0.05, 0) is 39.7 Å². The van der Waals surface area contributed by atoms with E-state index in [4.69, 9.17) is 5.73 Å². The van der Waals surface area contributed by atoms with Crippen LogP contribution in [0, 0.1) is 0 Å². The third-order valence-corrected chi connectivity index (χ3v) is 2.76. The van der Waals surface area contributed by atoms with E-state index in [-0.39, 0.29) is 0 Å². The normalized spacial score (nSPS) is 29.5. The van der Waals surface area contributed by atoms with Crippen molar-refractivity contribution >= 4 is 0 Å². The summed E-state index contributed by atoms with van der Waals surface area (Å²) in [6.45, 7) is 8.03. The predicted octanol–water partition coefficient (Wildman–Crippen LogP) is 1.60. The van der Waals surface area contributed by atoms with Crippen molar-refractivity contribution in [2.24, 2.45) is 5.73 Å². The second kappa shape index (κ2) is 4.24. The average Bonchev–Trinajstić information content (AvgIpc) is 1.94. The lowest BCUT2D eigenvalue weighted by Crippen LogP contribution is -2.53. The van der Waals surface area contributed by atoms with Crippen LogP contribution in [0.4, 0.5) is 0 Å². The summed E-state index contributed by atoms with van der Waals surface area (Å²) >= 11 is 0. The van der Waals surface area contributed by atoms with Crippen LogP contribution in [0.2, 0.25) is 0 Å². The Morgan fingerprint density at radius 3 is 2.33 bits per heavy atom. The summed E-state index contributed by atoms with van der Waals surface area (Å²) in [5, 5.41) is 0. The van der Waals surface area contributed by atoms with Crippen molar-refractivity contribution in [2.45, 2.75) is 58.2 Å². The molecule has 2 N–H and O–H groups in total. The molecule has 0 atom stereocenters. The van der Waals surface area contributed by atoms with Crippen molar-refractivity contribution in [3.8, 4) is 0 Å². The highest BCUT2D eigenvalue weighted by atomic mass is 15.2. The Labute approximate surface area is 76.1 Å². The third kappa shape index (κ3) is 2.20. The Morgan fingerprint density at radius 2 is 2.00 bits per heavy atom. The summed E-state index contributed by atoms with van der Waals surface area (Å²) in [4.78, 5) is 2.59. The van der Waals surface area contributed by atoms with Crippen LogP contribution in [-0.2, 0) is 0 Å². The van der Waals surface area contributed by atoms with Gasteiger partial charge < -0.3 is 5.73 Å². The molecule has 2 heteroatoms. The molecule has 1 rings (SSSR count). The van der Waals surface area contributed by atoms with Gasteiger partial charge in [0.2, 0.25) is 0 Å². The van der Waals surface area contributed by atoms with E-state index >= 15 is 0 Å². The summed E-state index contributed by atoms with van der Waals surface area (Å²) in [6, 6.07) is 1.94. The van der Waals surface area contributed by atoms with Crippen molar-refractivity contribution in [1.82, 2.24) is 4.90 Å². The van der Waals surface area contributed by atoms with Crippen molar-refractivity contribution in [2.75, 3.05) is 6.54 Å². The molecule has 1 saturated carbocycles. The van der Waals surface area contributed by atoms with Gasteiger partial charge in [-0.25, -0.2) is 0 Å². The highest BCUT2D eigenvalue weighted by Crippen LogP contribution is 2.25. The molecule has 72 valence electrons. The number of nitrogens with two attached hydrogens (primary N) is 1. The Bertz CT molecular complexity index is 128. The molecule has 1 fully saturated rings. The molecule has 0 saturated heterocycles. The fourth-order valence-corrected chi connectivity index (χ4v) is 2.02. The molecular weight excluding hydrogens is 148 g/mol. The Balaban J connectivity index is 2.33. The van der Waals surface area contributed by atoms with Crippen LogP contribution in [-0.4, -0.2) is 29.6 Å². The van der Waals surface area contributed by atoms with Crippen LogP contribution >= 0.6 is 0 Å². The number of hydrogen-bond acceptors (Lipinski definition) is 2. The van der Waals surface area contributed by atoms with Gasteiger partial charge in [0.15, 0.2) is 0 Å². The SMILES string of the molecule is CCCN(C(C)C)C1CC(N)C1. The molecule has 0 heterocycles. The maximum atomic E-state index is 5.78. The average molecular weight is 170 g/mol. The Morgan fingerprint density at radius 1 is 1.42 bits per heavy atom. The van der Waals surface area contributed by atoms with E-state index in [1.54, 1.807) is 0 Å². The molecule has 0 aromatic carbocycles. The van der Waals surface area contributed by atoms with Crippen LogP contribution in [0.25, 0.3) is 0 Å². The standard InChI is InChI=1S/C10H22N2/c1-4-5-12(8(2)3)10-6-9(11)7-10/h8-10H,4-7,11H2,1-3H3. The molecule has 0 bridgehead atoms. The predicted molar refractivity (Wildman–Crippen MR) is 53.1 cm³/mol. The molecule has 1 aliphatic carbocycles. The van der Waals surface area contributed by atoms with E-state index in [0.29, 0.717) is 12.1 Å². The molecule has 0 radical (unpaired) electrons. The molecule has 0 amide bonds. The summed E-state index contributed by atoms with van der Waals surface area (Å²) in [6.07, 6.45) is 3.67. The third-order valence-electron chi connectivity index (χ3n) is 2.76. The fraction of sp³-hybridized carbons (Fsp3) is 1.00. The van der Waals surface area contributed by atoms with Gasteiger partial charge in [0.05, 0.1) is 0 Å². The van der Waals surface area contributed by atoms with E-state index in [0.717, 1.165) is 6.04 Å². The molecule has 1 aliphatic rings.